The Morgan fingerprint density at radius 3 is 2.73 bits per heavy atom. The smallest absolute Gasteiger partial charge is 0.312 e. The fraction of sp³-hybridized carbons (Fsp3) is 0.667. The molecule has 0 radical (unpaired) electrons. The molecule has 1 aromatic rings. The summed E-state index contributed by atoms with van der Waals surface area (Å²) in [4.78, 5) is 4.89. The van der Waals surface area contributed by atoms with Crippen LogP contribution >= 0.6 is 11.3 Å². The lowest BCUT2D eigenvalue weighted by molar-refractivity contribution is -0.135. The average molecular weight is 238 g/mol. The fourth-order valence-corrected chi connectivity index (χ4v) is 2.10. The molecule has 0 bridgehead atoms. The number of hydrogen-bond acceptors (Lipinski definition) is 3. The van der Waals surface area contributed by atoms with Gasteiger partial charge in [0.1, 0.15) is 0 Å². The number of hydrogen-bond donors (Lipinski definition) is 1. The molecule has 1 aromatic heterocycles. The summed E-state index contributed by atoms with van der Waals surface area (Å²) in [5, 5.41) is 2.99. The first-order valence-electron chi connectivity index (χ1n) is 4.65. The van der Waals surface area contributed by atoms with Crippen molar-refractivity contribution in [2.45, 2.75) is 31.5 Å². The van der Waals surface area contributed by atoms with E-state index in [1.165, 1.54) is 11.3 Å². The van der Waals surface area contributed by atoms with Crippen LogP contribution < -0.4 is 5.32 Å². The molecule has 0 amide bonds. The fourth-order valence-electron chi connectivity index (χ4n) is 1.33. The van der Waals surface area contributed by atoms with Crippen LogP contribution in [0.4, 0.5) is 13.2 Å². The molecule has 0 saturated carbocycles. The summed E-state index contributed by atoms with van der Waals surface area (Å²) in [7, 11) is 1.75. The zero-order valence-electron chi connectivity index (χ0n) is 8.34. The number of nitrogens with one attached hydrogen (secondary N) is 1. The maximum atomic E-state index is 11.9. The SMILES string of the molecule is CNC(CCCC(F)(F)F)c1cncs1. The Hall–Kier alpha value is -0.620. The van der Waals surface area contributed by atoms with E-state index in [0.29, 0.717) is 6.42 Å². The van der Waals surface area contributed by atoms with Gasteiger partial charge < -0.3 is 5.32 Å². The number of halogens is 3. The highest BCUT2D eigenvalue weighted by atomic mass is 32.1. The summed E-state index contributed by atoms with van der Waals surface area (Å²) in [5.41, 5.74) is 1.68. The zero-order valence-corrected chi connectivity index (χ0v) is 9.16. The van der Waals surface area contributed by atoms with E-state index in [1.807, 2.05) is 0 Å². The van der Waals surface area contributed by atoms with Crippen LogP contribution in [0.1, 0.15) is 30.2 Å². The lowest BCUT2D eigenvalue weighted by atomic mass is 10.1. The van der Waals surface area contributed by atoms with Gasteiger partial charge in [-0.15, -0.1) is 11.3 Å². The summed E-state index contributed by atoms with van der Waals surface area (Å²) >= 11 is 1.46. The van der Waals surface area contributed by atoms with Crippen LogP contribution in [0.5, 0.6) is 0 Å². The predicted octanol–water partition coefficient (Wildman–Crippen LogP) is 3.14. The number of nitrogens with zero attached hydrogens (tertiary/aromatic N) is 1. The third-order valence-corrected chi connectivity index (χ3v) is 2.99. The minimum absolute atomic E-state index is 0.0140. The standard InChI is InChI=1S/C9H13F3N2S/c1-13-7(8-5-14-6-15-8)3-2-4-9(10,11)12/h5-7,13H,2-4H2,1H3. The molecule has 1 rings (SSSR count). The molecule has 0 aromatic carbocycles. The molecule has 15 heavy (non-hydrogen) atoms. The minimum Gasteiger partial charge on any atom is -0.312 e. The Bertz CT molecular complexity index is 271. The number of alkyl halides is 3. The maximum absolute atomic E-state index is 11.9. The highest BCUT2D eigenvalue weighted by molar-refractivity contribution is 7.09. The van der Waals surface area contributed by atoms with Crippen molar-refractivity contribution in [3.8, 4) is 0 Å². The Labute approximate surface area is 90.5 Å². The van der Waals surface area contributed by atoms with Crippen molar-refractivity contribution in [3.63, 3.8) is 0 Å². The predicted molar refractivity (Wildman–Crippen MR) is 53.8 cm³/mol. The van der Waals surface area contributed by atoms with Gasteiger partial charge in [-0.25, -0.2) is 0 Å². The molecule has 2 nitrogen and oxygen atoms in total. The highest BCUT2D eigenvalue weighted by Crippen LogP contribution is 2.27. The average Bonchev–Trinajstić information content (AvgIpc) is 2.63. The van der Waals surface area contributed by atoms with Gasteiger partial charge in [-0.2, -0.15) is 13.2 Å². The van der Waals surface area contributed by atoms with E-state index in [2.05, 4.69) is 10.3 Å². The van der Waals surface area contributed by atoms with E-state index in [1.54, 1.807) is 18.8 Å². The van der Waals surface area contributed by atoms with Gasteiger partial charge in [0.25, 0.3) is 0 Å². The van der Waals surface area contributed by atoms with E-state index in [9.17, 15) is 13.2 Å². The van der Waals surface area contributed by atoms with E-state index in [-0.39, 0.29) is 12.5 Å². The van der Waals surface area contributed by atoms with Crippen LogP contribution in [-0.4, -0.2) is 18.2 Å². The number of aromatic nitrogens is 1. The quantitative estimate of drug-likeness (QED) is 0.852. The van der Waals surface area contributed by atoms with Crippen LogP contribution in [0.2, 0.25) is 0 Å². The van der Waals surface area contributed by atoms with Crippen LogP contribution in [0.3, 0.4) is 0 Å². The van der Waals surface area contributed by atoms with Crippen LogP contribution in [0.15, 0.2) is 11.7 Å². The van der Waals surface area contributed by atoms with E-state index >= 15 is 0 Å². The summed E-state index contributed by atoms with van der Waals surface area (Å²) in [6.07, 6.45) is -2.44. The second kappa shape index (κ2) is 5.46. The summed E-state index contributed by atoms with van der Waals surface area (Å²) in [5.74, 6) is 0. The summed E-state index contributed by atoms with van der Waals surface area (Å²) in [6, 6.07) is -0.0140. The molecule has 6 heteroatoms. The highest BCUT2D eigenvalue weighted by Gasteiger charge is 2.26. The molecule has 1 atom stereocenters. The topological polar surface area (TPSA) is 24.9 Å². The van der Waals surface area contributed by atoms with Crippen LogP contribution in [0, 0.1) is 0 Å². The van der Waals surface area contributed by atoms with Gasteiger partial charge in [-0.1, -0.05) is 0 Å². The third kappa shape index (κ3) is 4.61. The van der Waals surface area contributed by atoms with Gasteiger partial charge in [0.05, 0.1) is 5.51 Å². The van der Waals surface area contributed by atoms with Gasteiger partial charge in [0.15, 0.2) is 0 Å². The first-order valence-corrected chi connectivity index (χ1v) is 5.53. The van der Waals surface area contributed by atoms with Crippen molar-refractivity contribution in [3.05, 3.63) is 16.6 Å². The lowest BCUT2D eigenvalue weighted by Gasteiger charge is -2.14. The molecule has 0 aliphatic rings. The molecule has 1 N–H and O–H groups in total. The second-order valence-corrected chi connectivity index (χ2v) is 4.17. The molecule has 0 saturated heterocycles. The molecule has 0 spiro atoms. The van der Waals surface area contributed by atoms with E-state index in [4.69, 9.17) is 0 Å². The molecule has 86 valence electrons. The second-order valence-electron chi connectivity index (χ2n) is 3.25. The number of rotatable bonds is 5. The largest absolute Gasteiger partial charge is 0.389 e. The lowest BCUT2D eigenvalue weighted by Crippen LogP contribution is -2.16. The molecule has 0 aliphatic carbocycles. The minimum atomic E-state index is -4.05. The Morgan fingerprint density at radius 2 is 2.27 bits per heavy atom. The summed E-state index contributed by atoms with van der Waals surface area (Å²) in [6.45, 7) is 0. The monoisotopic (exact) mass is 238 g/mol. The first-order chi connectivity index (χ1) is 7.03. The van der Waals surface area contributed by atoms with Crippen molar-refractivity contribution in [2.75, 3.05) is 7.05 Å². The van der Waals surface area contributed by atoms with Gasteiger partial charge in [-0.05, 0) is 19.9 Å². The first kappa shape index (κ1) is 12.4. The summed E-state index contributed by atoms with van der Waals surface area (Å²) < 4.78 is 35.8. The normalized spacial score (nSPS) is 14.1. The molecule has 0 aliphatic heterocycles. The molecular formula is C9H13F3N2S. The van der Waals surface area contributed by atoms with Crippen LogP contribution in [0.25, 0.3) is 0 Å². The van der Waals surface area contributed by atoms with Gasteiger partial charge >= 0.3 is 6.18 Å². The molecule has 1 heterocycles. The maximum Gasteiger partial charge on any atom is 0.389 e. The van der Waals surface area contributed by atoms with Crippen molar-refractivity contribution in [2.24, 2.45) is 0 Å². The molecule has 0 fully saturated rings. The van der Waals surface area contributed by atoms with Gasteiger partial charge in [-0.3, -0.25) is 4.98 Å². The van der Waals surface area contributed by atoms with E-state index < -0.39 is 12.6 Å². The number of thiazole rings is 1. The van der Waals surface area contributed by atoms with Crippen molar-refractivity contribution < 1.29 is 13.2 Å². The Balaban J connectivity index is 2.36. The third-order valence-electron chi connectivity index (χ3n) is 2.10. The van der Waals surface area contributed by atoms with Gasteiger partial charge in [0.2, 0.25) is 0 Å². The van der Waals surface area contributed by atoms with Crippen molar-refractivity contribution in [1.82, 2.24) is 10.3 Å². The Kier molecular flexibility index (Phi) is 4.53. The van der Waals surface area contributed by atoms with E-state index in [0.717, 1.165) is 4.88 Å². The van der Waals surface area contributed by atoms with Gasteiger partial charge in [0, 0.05) is 23.5 Å². The van der Waals surface area contributed by atoms with Crippen molar-refractivity contribution >= 4 is 11.3 Å². The Morgan fingerprint density at radius 1 is 1.53 bits per heavy atom. The molecular weight excluding hydrogens is 225 g/mol. The molecule has 1 unspecified atom stereocenters. The van der Waals surface area contributed by atoms with Crippen LogP contribution in [-0.2, 0) is 0 Å². The zero-order chi connectivity index (χ0) is 11.3. The van der Waals surface area contributed by atoms with Crippen molar-refractivity contribution in [1.29, 1.82) is 0 Å².